The predicted octanol–water partition coefficient (Wildman–Crippen LogP) is 2.04. The van der Waals surface area contributed by atoms with Gasteiger partial charge in [0.2, 0.25) is 0 Å². The van der Waals surface area contributed by atoms with Crippen LogP contribution in [-0.4, -0.2) is 22.6 Å². The monoisotopic (exact) mass is 215 g/mol. The normalized spacial score (nSPS) is 18.0. The highest BCUT2D eigenvalue weighted by Gasteiger charge is 2.14. The highest BCUT2D eigenvalue weighted by molar-refractivity contribution is 5.75. The standard InChI is InChI=1S/C13H17N3/c1-2-12-5-9-16(13(12)15-6-1)10-11-3-7-14-8-4-11/h1-2,5-6,9,11,14H,3-4,7-8,10H2. The number of rotatable bonds is 2. The molecule has 3 heterocycles. The Morgan fingerprint density at radius 2 is 2.19 bits per heavy atom. The zero-order valence-electron chi connectivity index (χ0n) is 9.39. The maximum absolute atomic E-state index is 4.45. The van der Waals surface area contributed by atoms with Crippen molar-refractivity contribution in [2.24, 2.45) is 5.92 Å². The minimum Gasteiger partial charge on any atom is -0.332 e. The van der Waals surface area contributed by atoms with Gasteiger partial charge in [-0.15, -0.1) is 0 Å². The van der Waals surface area contributed by atoms with E-state index < -0.39 is 0 Å². The Bertz CT molecular complexity index is 469. The molecule has 0 bridgehead atoms. The first kappa shape index (κ1) is 9.85. The van der Waals surface area contributed by atoms with Crippen LogP contribution >= 0.6 is 0 Å². The fourth-order valence-electron chi connectivity index (χ4n) is 2.51. The fraction of sp³-hybridized carbons (Fsp3) is 0.462. The first-order valence-electron chi connectivity index (χ1n) is 6.04. The SMILES string of the molecule is c1cnc2c(c1)ccn2CC1CCNCC1. The number of pyridine rings is 1. The molecule has 3 heteroatoms. The smallest absolute Gasteiger partial charge is 0.139 e. The van der Waals surface area contributed by atoms with E-state index in [0.717, 1.165) is 31.2 Å². The summed E-state index contributed by atoms with van der Waals surface area (Å²) in [5.74, 6) is 0.804. The first-order valence-corrected chi connectivity index (χ1v) is 6.04. The van der Waals surface area contributed by atoms with Gasteiger partial charge in [-0.25, -0.2) is 4.98 Å². The van der Waals surface area contributed by atoms with Crippen LogP contribution in [0.3, 0.4) is 0 Å². The van der Waals surface area contributed by atoms with E-state index in [2.05, 4.69) is 33.2 Å². The maximum atomic E-state index is 4.45. The summed E-state index contributed by atoms with van der Waals surface area (Å²) in [4.78, 5) is 4.45. The molecule has 0 atom stereocenters. The van der Waals surface area contributed by atoms with Gasteiger partial charge in [-0.05, 0) is 50.0 Å². The highest BCUT2D eigenvalue weighted by Crippen LogP contribution is 2.18. The lowest BCUT2D eigenvalue weighted by Crippen LogP contribution is -2.29. The predicted molar refractivity (Wildman–Crippen MR) is 65.3 cm³/mol. The van der Waals surface area contributed by atoms with E-state index in [4.69, 9.17) is 0 Å². The van der Waals surface area contributed by atoms with E-state index in [1.807, 2.05) is 12.3 Å². The number of hydrogen-bond donors (Lipinski definition) is 1. The third-order valence-corrected chi connectivity index (χ3v) is 3.44. The Labute approximate surface area is 95.5 Å². The summed E-state index contributed by atoms with van der Waals surface area (Å²) in [6.07, 6.45) is 6.61. The van der Waals surface area contributed by atoms with Crippen molar-refractivity contribution in [2.45, 2.75) is 19.4 Å². The highest BCUT2D eigenvalue weighted by atomic mass is 15.0. The van der Waals surface area contributed by atoms with Gasteiger partial charge in [0.15, 0.2) is 0 Å². The van der Waals surface area contributed by atoms with Crippen molar-refractivity contribution in [2.75, 3.05) is 13.1 Å². The van der Waals surface area contributed by atoms with E-state index >= 15 is 0 Å². The van der Waals surface area contributed by atoms with E-state index in [9.17, 15) is 0 Å². The molecule has 16 heavy (non-hydrogen) atoms. The fourth-order valence-corrected chi connectivity index (χ4v) is 2.51. The summed E-state index contributed by atoms with van der Waals surface area (Å²) in [6.45, 7) is 3.44. The second-order valence-corrected chi connectivity index (χ2v) is 4.58. The van der Waals surface area contributed by atoms with Crippen LogP contribution < -0.4 is 5.32 Å². The van der Waals surface area contributed by atoms with Gasteiger partial charge in [0.25, 0.3) is 0 Å². The minimum atomic E-state index is 0.804. The summed E-state index contributed by atoms with van der Waals surface area (Å²) in [5.41, 5.74) is 1.13. The molecule has 2 aromatic heterocycles. The number of aromatic nitrogens is 2. The third-order valence-electron chi connectivity index (χ3n) is 3.44. The molecule has 84 valence electrons. The Kier molecular flexibility index (Phi) is 2.62. The third kappa shape index (κ3) is 1.83. The van der Waals surface area contributed by atoms with Crippen LogP contribution in [0, 0.1) is 5.92 Å². The summed E-state index contributed by atoms with van der Waals surface area (Å²) in [6, 6.07) is 6.28. The van der Waals surface area contributed by atoms with E-state index in [1.54, 1.807) is 0 Å². The largest absolute Gasteiger partial charge is 0.332 e. The second-order valence-electron chi connectivity index (χ2n) is 4.58. The molecule has 1 aliphatic heterocycles. The average Bonchev–Trinajstić information content (AvgIpc) is 2.74. The van der Waals surface area contributed by atoms with Crippen LogP contribution in [-0.2, 0) is 6.54 Å². The number of hydrogen-bond acceptors (Lipinski definition) is 2. The van der Waals surface area contributed by atoms with Crippen molar-refractivity contribution in [1.29, 1.82) is 0 Å². The van der Waals surface area contributed by atoms with Gasteiger partial charge in [0.05, 0.1) is 0 Å². The first-order chi connectivity index (χ1) is 7.93. The molecule has 0 unspecified atom stereocenters. The molecule has 1 fully saturated rings. The van der Waals surface area contributed by atoms with Gasteiger partial charge in [-0.2, -0.15) is 0 Å². The van der Waals surface area contributed by atoms with Crippen molar-refractivity contribution < 1.29 is 0 Å². The molecule has 0 saturated carbocycles. The lowest BCUT2D eigenvalue weighted by atomic mass is 9.98. The van der Waals surface area contributed by atoms with Crippen molar-refractivity contribution >= 4 is 11.0 Å². The van der Waals surface area contributed by atoms with Gasteiger partial charge >= 0.3 is 0 Å². The maximum Gasteiger partial charge on any atom is 0.139 e. The molecule has 3 nitrogen and oxygen atoms in total. The van der Waals surface area contributed by atoms with E-state index in [-0.39, 0.29) is 0 Å². The van der Waals surface area contributed by atoms with Crippen LogP contribution in [0.4, 0.5) is 0 Å². The summed E-state index contributed by atoms with van der Waals surface area (Å²) >= 11 is 0. The molecule has 0 aromatic carbocycles. The minimum absolute atomic E-state index is 0.804. The zero-order chi connectivity index (χ0) is 10.8. The number of fused-ring (bicyclic) bond motifs is 1. The zero-order valence-corrected chi connectivity index (χ0v) is 9.39. The lowest BCUT2D eigenvalue weighted by molar-refractivity contribution is 0.336. The Morgan fingerprint density at radius 3 is 3.06 bits per heavy atom. The molecular weight excluding hydrogens is 198 g/mol. The molecule has 3 rings (SSSR count). The quantitative estimate of drug-likeness (QED) is 0.830. The molecule has 0 spiro atoms. The molecule has 0 amide bonds. The van der Waals surface area contributed by atoms with Crippen LogP contribution in [0.15, 0.2) is 30.6 Å². The molecule has 0 radical (unpaired) electrons. The van der Waals surface area contributed by atoms with E-state index in [0.29, 0.717) is 0 Å². The Balaban J connectivity index is 1.83. The van der Waals surface area contributed by atoms with E-state index in [1.165, 1.54) is 18.2 Å². The Morgan fingerprint density at radius 1 is 1.31 bits per heavy atom. The number of nitrogens with one attached hydrogen (secondary N) is 1. The summed E-state index contributed by atoms with van der Waals surface area (Å²) in [5, 5.41) is 4.65. The van der Waals surface area contributed by atoms with Crippen LogP contribution in [0.2, 0.25) is 0 Å². The molecule has 2 aromatic rings. The van der Waals surface area contributed by atoms with Crippen molar-refractivity contribution in [3.8, 4) is 0 Å². The van der Waals surface area contributed by atoms with Gasteiger partial charge in [-0.1, -0.05) is 0 Å². The number of piperidine rings is 1. The second kappa shape index (κ2) is 4.26. The summed E-state index contributed by atoms with van der Waals surface area (Å²) < 4.78 is 2.30. The van der Waals surface area contributed by atoms with Crippen LogP contribution in [0.25, 0.3) is 11.0 Å². The molecule has 0 aliphatic carbocycles. The topological polar surface area (TPSA) is 29.9 Å². The average molecular weight is 215 g/mol. The molecular formula is C13H17N3. The van der Waals surface area contributed by atoms with Crippen molar-refractivity contribution in [3.63, 3.8) is 0 Å². The van der Waals surface area contributed by atoms with Gasteiger partial charge in [0.1, 0.15) is 5.65 Å². The molecule has 1 N–H and O–H groups in total. The lowest BCUT2D eigenvalue weighted by Gasteiger charge is -2.23. The van der Waals surface area contributed by atoms with Gasteiger partial charge in [-0.3, -0.25) is 0 Å². The van der Waals surface area contributed by atoms with Gasteiger partial charge < -0.3 is 9.88 Å². The molecule has 1 saturated heterocycles. The van der Waals surface area contributed by atoms with Crippen LogP contribution in [0.1, 0.15) is 12.8 Å². The molecule has 1 aliphatic rings. The Hall–Kier alpha value is -1.35. The van der Waals surface area contributed by atoms with Crippen LogP contribution in [0.5, 0.6) is 0 Å². The summed E-state index contributed by atoms with van der Waals surface area (Å²) in [7, 11) is 0. The van der Waals surface area contributed by atoms with Crippen molar-refractivity contribution in [3.05, 3.63) is 30.6 Å². The number of nitrogens with zero attached hydrogens (tertiary/aromatic N) is 2. The van der Waals surface area contributed by atoms with Gasteiger partial charge in [0, 0.05) is 24.3 Å². The van der Waals surface area contributed by atoms with Crippen molar-refractivity contribution in [1.82, 2.24) is 14.9 Å².